The number of aliphatic hydroxyl groups is 9. The summed E-state index contributed by atoms with van der Waals surface area (Å²) in [6.45, 7) is 3.58. The molecule has 22 N–H and O–H groups in total. The van der Waals surface area contributed by atoms with Crippen molar-refractivity contribution < 1.29 is 179 Å². The first-order valence-electron chi connectivity index (χ1n) is 46.5. The number of aliphatic imine (C=N–C) groups is 1. The van der Waals surface area contributed by atoms with E-state index in [0.717, 1.165) is 5.69 Å². The van der Waals surface area contributed by atoms with E-state index in [9.17, 15) is 98.7 Å². The molecule has 52 nitrogen and oxygen atoms in total. The Bertz CT molecular complexity index is 4200. The molecule has 1 unspecified atom stereocenters. The maximum Gasteiger partial charge on any atom is 0.287 e. The van der Waals surface area contributed by atoms with Crippen LogP contribution in [0.2, 0.25) is 10.0 Å². The van der Waals surface area contributed by atoms with Gasteiger partial charge >= 0.3 is 0 Å². The van der Waals surface area contributed by atoms with E-state index in [1.807, 2.05) is 13.8 Å². The number of nitrogens with zero attached hydrogens (tertiary/aromatic N) is 4. The third kappa shape index (κ3) is 41.0. The molecule has 6 heterocycles. The van der Waals surface area contributed by atoms with Crippen LogP contribution in [0.4, 0.5) is 0 Å². The zero-order chi connectivity index (χ0) is 104. The fraction of sp³-hybridized carbons (Fsp3) is 0.716. The number of hydrogen-bond acceptors (Lipinski definition) is 39. The summed E-state index contributed by atoms with van der Waals surface area (Å²) in [5.41, 5.74) is 10.2. The van der Waals surface area contributed by atoms with Crippen LogP contribution in [0.1, 0.15) is 117 Å². The molecule has 4 aliphatic rings. The van der Waals surface area contributed by atoms with Gasteiger partial charge in [-0.25, -0.2) is 4.99 Å². The second-order valence-electron chi connectivity index (χ2n) is 33.8. The van der Waals surface area contributed by atoms with Gasteiger partial charge in [-0.05, 0) is 55.5 Å². The highest BCUT2D eigenvalue weighted by Gasteiger charge is 2.49. The van der Waals surface area contributed by atoms with E-state index in [-0.39, 0.29) is 233 Å². The minimum absolute atomic E-state index is 0.0139. The summed E-state index contributed by atoms with van der Waals surface area (Å²) in [7, 11) is 1.70. The summed E-state index contributed by atoms with van der Waals surface area (Å²) in [5, 5.41) is 119. The number of benzene rings is 1. The number of amides is 10. The molecule has 54 heteroatoms. The SMILES string of the molecule is CC(=O)N[C@H]1[C@H](OCCOCCOCCNC(=O)CCOCC(COCCC(=O)NCCOCCOCCOC2O[C@H](CO)[C@H](O)[C@H](O)[C@H]2NC(C)=O)(COCCC(=O)NCCOCCOCCO[C@@H]2O[C@H](CO)[C@H](O)[C@H](O)[C@H]2NC(C)=O)NC(=O)CNC(=O)c2ccc(COc3ccc(C(=O)c4cc(C5CCN(C(=O)CNC(=O)[C@@H](CC(C)C)N=C(N)N)CC5)n(C)n4)c(Cl)c3Cl)o2)O[C@H](CO)[C@H](O)[C@@H]1O. The standard InChI is InChI=1S/C88H139Cl2N15O37/c1-50(2)39-58(101-87(91)92)82(124)97-42-69(116)105-19-11-54(12-20-105)59-40-57(103-104(59)6)75(117)56-8-10-60(71(90)70(56)89)138-46-55-7-9-61(139-55)83(125)96-41-68(115)102-88(47-132-21-13-65(112)93-16-24-126-27-30-129-33-36-135-84-72(98-51(3)109)79(121)76(118)62(43-106)140-84,48-133-22-14-66(113)94-17-25-127-28-31-130-34-37-136-85-73(99-52(4)110)80(122)77(119)63(44-107)141-85)49-134-23-15-67(114)95-18-26-128-29-32-131-35-38-137-86-74(100-53(5)111)81(123)78(120)64(45-108)142-86/h7-10,40,50,54,58,62-64,72-74,76-81,84-86,106-108,118-123H,11-39,41-49H2,1-6H3,(H,93,112)(H,94,113)(H,95,114)(H,96,125)(H,97,124)(H,98,109)(H,99,110)(H,100,111)(H,102,115)(H4,91,92,101)/t58-,62-,63-,64-,72-,73-,74-,76+,77+,78+,79-,80-,81-,84-,85-,86?/m1/s1. The number of ketones is 1. The zero-order valence-corrected chi connectivity index (χ0v) is 81.8. The molecule has 0 radical (unpaired) electrons. The number of nitrogens with two attached hydrogens (primary N) is 2. The van der Waals surface area contributed by atoms with Gasteiger partial charge in [0.05, 0.1) is 177 Å². The van der Waals surface area contributed by atoms with E-state index >= 15 is 0 Å². The molecule has 142 heavy (non-hydrogen) atoms. The number of hydrogen-bond donors (Lipinski definition) is 20. The first-order valence-corrected chi connectivity index (χ1v) is 47.3. The molecule has 0 bridgehead atoms. The first kappa shape index (κ1) is 120. The van der Waals surface area contributed by atoms with Crippen LogP contribution in [0.5, 0.6) is 5.75 Å². The zero-order valence-electron chi connectivity index (χ0n) is 80.3. The van der Waals surface area contributed by atoms with Gasteiger partial charge in [0, 0.05) is 97.0 Å². The Morgan fingerprint density at radius 1 is 0.514 bits per heavy atom. The van der Waals surface area contributed by atoms with Gasteiger partial charge in [-0.2, -0.15) is 5.10 Å². The lowest BCUT2D eigenvalue weighted by Crippen LogP contribution is -2.64. The Morgan fingerprint density at radius 3 is 1.33 bits per heavy atom. The molecule has 10 amide bonds. The lowest BCUT2D eigenvalue weighted by Gasteiger charge is -2.42. The number of aromatic nitrogens is 2. The number of nitrogens with one attached hydrogen (secondary N) is 9. The fourth-order valence-electron chi connectivity index (χ4n) is 15.0. The minimum Gasteiger partial charge on any atom is -0.484 e. The number of likely N-dealkylation sites (tertiary alicyclic amines) is 1. The van der Waals surface area contributed by atoms with Crippen molar-refractivity contribution in [2.24, 2.45) is 29.4 Å². The molecule has 0 aliphatic carbocycles. The molecule has 4 fully saturated rings. The van der Waals surface area contributed by atoms with Crippen LogP contribution in [0.15, 0.2) is 39.7 Å². The summed E-state index contributed by atoms with van der Waals surface area (Å²) >= 11 is 13.5. The molecule has 4 aliphatic heterocycles. The average Bonchev–Trinajstić information content (AvgIpc) is 1.75. The Labute approximate surface area is 829 Å². The van der Waals surface area contributed by atoms with E-state index in [1.165, 1.54) is 45.0 Å². The number of aliphatic hydroxyl groups excluding tert-OH is 9. The molecular weight excluding hydrogens is 1930 g/mol. The van der Waals surface area contributed by atoms with Crippen LogP contribution in [0.25, 0.3) is 0 Å². The van der Waals surface area contributed by atoms with Gasteiger partial charge in [0.25, 0.3) is 5.91 Å². The van der Waals surface area contributed by atoms with Gasteiger partial charge < -0.3 is 190 Å². The van der Waals surface area contributed by atoms with E-state index in [0.29, 0.717) is 32.4 Å². The number of carbonyl (C=O) groups excluding carboxylic acids is 11. The lowest BCUT2D eigenvalue weighted by molar-refractivity contribution is -0.272. The van der Waals surface area contributed by atoms with Crippen LogP contribution >= 0.6 is 23.2 Å². The summed E-state index contributed by atoms with van der Waals surface area (Å²) in [4.78, 5) is 149. The average molecular weight is 2070 g/mol. The van der Waals surface area contributed by atoms with Crippen molar-refractivity contribution in [1.29, 1.82) is 0 Å². The Balaban J connectivity index is 0.936. The third-order valence-electron chi connectivity index (χ3n) is 22.2. The predicted octanol–water partition coefficient (Wildman–Crippen LogP) is -7.23. The van der Waals surface area contributed by atoms with Gasteiger partial charge in [-0.15, -0.1) is 0 Å². The van der Waals surface area contributed by atoms with Crippen LogP contribution in [0.3, 0.4) is 0 Å². The number of carbonyl (C=O) groups is 11. The Hall–Kier alpha value is -9.23. The van der Waals surface area contributed by atoms with Gasteiger partial charge in [-0.3, -0.25) is 57.4 Å². The smallest absolute Gasteiger partial charge is 0.287 e. The molecular formula is C88H139Cl2N15O37. The van der Waals surface area contributed by atoms with Gasteiger partial charge in [-0.1, -0.05) is 37.0 Å². The van der Waals surface area contributed by atoms with Crippen LogP contribution in [-0.4, -0.2) is 439 Å². The molecule has 802 valence electrons. The van der Waals surface area contributed by atoms with Gasteiger partial charge in [0.15, 0.2) is 30.6 Å². The summed E-state index contributed by atoms with van der Waals surface area (Å²) in [6.07, 6.45) is -15.4. The van der Waals surface area contributed by atoms with E-state index in [2.05, 4.69) is 57.9 Å². The first-order chi connectivity index (χ1) is 68.0. The van der Waals surface area contributed by atoms with Crippen molar-refractivity contribution in [2.45, 2.75) is 189 Å². The van der Waals surface area contributed by atoms with Crippen molar-refractivity contribution in [3.05, 3.63) is 68.8 Å². The molecule has 1 aromatic carbocycles. The van der Waals surface area contributed by atoms with E-state index < -0.39 is 209 Å². The summed E-state index contributed by atoms with van der Waals surface area (Å²) < 4.78 is 98.6. The normalized spacial score (nSPS) is 22.2. The summed E-state index contributed by atoms with van der Waals surface area (Å²) in [5.74, 6) is -6.32. The molecule has 0 saturated carbocycles. The van der Waals surface area contributed by atoms with E-state index in [4.69, 9.17) is 115 Å². The van der Waals surface area contributed by atoms with Crippen LogP contribution in [-0.2, 0) is 128 Å². The van der Waals surface area contributed by atoms with Gasteiger partial charge in [0.1, 0.15) is 113 Å². The number of aryl methyl sites for hydroxylation is 1. The second-order valence-corrected chi connectivity index (χ2v) is 34.6. The van der Waals surface area contributed by atoms with E-state index in [1.54, 1.807) is 22.7 Å². The van der Waals surface area contributed by atoms with Crippen molar-refractivity contribution in [2.75, 3.05) is 204 Å². The quantitative estimate of drug-likeness (QED) is 0.0108. The molecule has 4 saturated heterocycles. The largest absolute Gasteiger partial charge is 0.484 e. The third-order valence-corrected chi connectivity index (χ3v) is 23.0. The highest BCUT2D eigenvalue weighted by Crippen LogP contribution is 2.38. The number of rotatable bonds is 67. The molecule has 0 spiro atoms. The fourth-order valence-corrected chi connectivity index (χ4v) is 15.4. The number of guanidine groups is 1. The number of piperidine rings is 1. The number of furan rings is 1. The van der Waals surface area contributed by atoms with Crippen LogP contribution < -0.4 is 64.1 Å². The molecule has 16 atom stereocenters. The molecule has 2 aromatic heterocycles. The highest BCUT2D eigenvalue weighted by molar-refractivity contribution is 6.45. The topological polar surface area (TPSA) is 724 Å². The maximum atomic E-state index is 14.3. The lowest BCUT2D eigenvalue weighted by atomic mass is 9.92. The van der Waals surface area contributed by atoms with Crippen molar-refractivity contribution in [3.8, 4) is 5.75 Å². The molecule has 7 rings (SSSR count). The number of halogens is 2. The highest BCUT2D eigenvalue weighted by atomic mass is 35.5. The monoisotopic (exact) mass is 2070 g/mol. The van der Waals surface area contributed by atoms with Crippen molar-refractivity contribution in [3.63, 3.8) is 0 Å². The number of ether oxygens (including phenoxy) is 16. The predicted molar refractivity (Wildman–Crippen MR) is 494 cm³/mol. The van der Waals surface area contributed by atoms with Crippen molar-refractivity contribution in [1.82, 2.24) is 62.5 Å². The summed E-state index contributed by atoms with van der Waals surface area (Å²) in [6, 6.07) is 2.96. The molecule has 3 aromatic rings. The Morgan fingerprint density at radius 2 is 0.930 bits per heavy atom. The Kier molecular flexibility index (Phi) is 53.9. The van der Waals surface area contributed by atoms with Crippen LogP contribution in [0, 0.1) is 5.92 Å². The second kappa shape index (κ2) is 63.9. The maximum absolute atomic E-state index is 14.3. The van der Waals surface area contributed by atoms with Gasteiger partial charge in [0.2, 0.25) is 58.9 Å². The minimum atomic E-state index is -1.70. The van der Waals surface area contributed by atoms with Crippen molar-refractivity contribution >= 4 is 94.0 Å².